The van der Waals surface area contributed by atoms with E-state index in [0.29, 0.717) is 22.7 Å². The van der Waals surface area contributed by atoms with Crippen LogP contribution in [0.15, 0.2) is 83.0 Å². The summed E-state index contributed by atoms with van der Waals surface area (Å²) in [6.07, 6.45) is 6.83. The number of aromatic nitrogens is 4. The van der Waals surface area contributed by atoms with Gasteiger partial charge in [-0.2, -0.15) is 5.26 Å². The van der Waals surface area contributed by atoms with Crippen LogP contribution < -0.4 is 5.73 Å². The van der Waals surface area contributed by atoms with Crippen LogP contribution in [0.1, 0.15) is 57.6 Å². The van der Waals surface area contributed by atoms with E-state index in [1.165, 1.54) is 6.33 Å². The van der Waals surface area contributed by atoms with Gasteiger partial charge in [0, 0.05) is 35.9 Å². The fourth-order valence-corrected chi connectivity index (χ4v) is 3.96. The van der Waals surface area contributed by atoms with Gasteiger partial charge in [-0.05, 0) is 51.5 Å². The molecule has 4 rings (SSSR count). The minimum Gasteiger partial charge on any atom is -0.445 e. The van der Waals surface area contributed by atoms with Crippen molar-refractivity contribution in [1.82, 2.24) is 19.5 Å². The van der Waals surface area contributed by atoms with E-state index in [-0.39, 0.29) is 11.9 Å². The van der Waals surface area contributed by atoms with Gasteiger partial charge in [-0.25, -0.2) is 15.0 Å². The lowest BCUT2D eigenvalue weighted by Gasteiger charge is -2.29. The molecular formula is C27H31N7O. The van der Waals surface area contributed by atoms with Gasteiger partial charge in [0.15, 0.2) is 0 Å². The van der Waals surface area contributed by atoms with E-state index >= 15 is 0 Å². The number of ether oxygens (including phenoxy) is 1. The van der Waals surface area contributed by atoms with Crippen molar-refractivity contribution in [2.24, 2.45) is 10.7 Å². The molecule has 0 bridgehead atoms. The Kier molecular flexibility index (Phi) is 8.16. The van der Waals surface area contributed by atoms with E-state index < -0.39 is 5.92 Å². The molecule has 3 aromatic rings. The van der Waals surface area contributed by atoms with Crippen LogP contribution >= 0.6 is 0 Å². The maximum atomic E-state index is 10.0. The number of imidazole rings is 1. The molecule has 0 radical (unpaired) electrons. The zero-order valence-electron chi connectivity index (χ0n) is 21.0. The summed E-state index contributed by atoms with van der Waals surface area (Å²) in [4.78, 5) is 17.6. The van der Waals surface area contributed by atoms with E-state index in [2.05, 4.69) is 21.0 Å². The van der Waals surface area contributed by atoms with Gasteiger partial charge in [0.1, 0.15) is 29.6 Å². The van der Waals surface area contributed by atoms with Crippen LogP contribution in [0.2, 0.25) is 0 Å². The van der Waals surface area contributed by atoms with Crippen LogP contribution in [0.25, 0.3) is 5.69 Å². The Balaban J connectivity index is 0.00000167. The van der Waals surface area contributed by atoms with E-state index in [9.17, 15) is 5.26 Å². The summed E-state index contributed by atoms with van der Waals surface area (Å²) in [6, 6.07) is 12.1. The maximum Gasteiger partial charge on any atom is 0.205 e. The molecule has 1 aliphatic rings. The van der Waals surface area contributed by atoms with Crippen molar-refractivity contribution in [1.29, 1.82) is 5.26 Å². The Morgan fingerprint density at radius 2 is 1.83 bits per heavy atom. The molecule has 8 nitrogen and oxygen atoms in total. The van der Waals surface area contributed by atoms with Crippen LogP contribution in [0.5, 0.6) is 0 Å². The van der Waals surface area contributed by atoms with Gasteiger partial charge in [0.25, 0.3) is 0 Å². The van der Waals surface area contributed by atoms with Crippen LogP contribution in [0, 0.1) is 18.3 Å². The molecule has 0 aliphatic carbocycles. The largest absolute Gasteiger partial charge is 0.445 e. The highest BCUT2D eigenvalue weighted by atomic mass is 16.5. The number of nitrogens with two attached hydrogens (primary N) is 1. The molecule has 3 heterocycles. The number of rotatable bonds is 5. The molecule has 0 spiro atoms. The summed E-state index contributed by atoms with van der Waals surface area (Å²) in [5.41, 5.74) is 10.5. The second-order valence-electron chi connectivity index (χ2n) is 8.00. The van der Waals surface area contributed by atoms with E-state index in [1.54, 1.807) is 18.5 Å². The predicted molar refractivity (Wildman–Crippen MR) is 137 cm³/mol. The molecule has 0 saturated carbocycles. The molecule has 1 aliphatic heterocycles. The Bertz CT molecular complexity index is 1290. The van der Waals surface area contributed by atoms with Gasteiger partial charge in [0.2, 0.25) is 5.88 Å². The van der Waals surface area contributed by atoms with Crippen LogP contribution in [-0.4, -0.2) is 31.3 Å². The van der Waals surface area contributed by atoms with E-state index in [1.807, 2.05) is 76.6 Å². The Morgan fingerprint density at radius 3 is 2.37 bits per heavy atom. The monoisotopic (exact) mass is 469 g/mol. The number of nitriles is 1. The van der Waals surface area contributed by atoms with Gasteiger partial charge in [-0.3, -0.25) is 4.99 Å². The average Bonchev–Trinajstić information content (AvgIpc) is 3.30. The molecule has 0 amide bonds. The molecular weight excluding hydrogens is 438 g/mol. The number of allylic oxidation sites excluding steroid dienone is 3. The lowest BCUT2D eigenvalue weighted by atomic mass is 9.80. The fourth-order valence-electron chi connectivity index (χ4n) is 3.96. The van der Waals surface area contributed by atoms with Crippen molar-refractivity contribution in [3.8, 4) is 11.8 Å². The first-order chi connectivity index (χ1) is 16.9. The smallest absolute Gasteiger partial charge is 0.205 e. The lowest BCUT2D eigenvalue weighted by Crippen LogP contribution is -2.26. The topological polar surface area (TPSA) is 115 Å². The van der Waals surface area contributed by atoms with Crippen molar-refractivity contribution in [3.63, 3.8) is 0 Å². The van der Waals surface area contributed by atoms with Crippen molar-refractivity contribution in [3.05, 3.63) is 95.1 Å². The van der Waals surface area contributed by atoms with E-state index in [4.69, 9.17) is 15.5 Å². The number of aryl methyl sites for hydroxylation is 1. The first kappa shape index (κ1) is 25.4. The summed E-state index contributed by atoms with van der Waals surface area (Å²) in [6.45, 7) is 11.8. The zero-order chi connectivity index (χ0) is 25.5. The number of hydrogen-bond acceptors (Lipinski definition) is 7. The lowest BCUT2D eigenvalue weighted by molar-refractivity contribution is 0.283. The summed E-state index contributed by atoms with van der Waals surface area (Å²) in [5, 5.41) is 10.0. The molecule has 0 fully saturated rings. The van der Waals surface area contributed by atoms with Crippen LogP contribution in [0.4, 0.5) is 0 Å². The third-order valence-electron chi connectivity index (χ3n) is 5.40. The molecule has 2 N–H and O–H groups in total. The Morgan fingerprint density at radius 1 is 1.11 bits per heavy atom. The van der Waals surface area contributed by atoms with Gasteiger partial charge in [0.05, 0.1) is 17.3 Å². The third kappa shape index (κ3) is 5.30. The molecule has 35 heavy (non-hydrogen) atoms. The standard InChI is InChI=1S/C25H25N7O.C2H6/c1-15(2)31-24(21-9-10-28-14-30-21)22-16(3)33-25(27)20(13-26)23(22)18-5-7-19(8-6-18)32-12-11-29-17(32)4;1-2/h5-12,14-15,23H,27H2,1-4H3;1-2H3. The number of hydrogen-bond donors (Lipinski definition) is 1. The highest BCUT2D eigenvalue weighted by molar-refractivity contribution is 6.13. The Hall–Kier alpha value is -4.25. The summed E-state index contributed by atoms with van der Waals surface area (Å²) in [7, 11) is 0. The zero-order valence-corrected chi connectivity index (χ0v) is 21.0. The Labute approximate surface area is 206 Å². The average molecular weight is 470 g/mol. The molecule has 180 valence electrons. The third-order valence-corrected chi connectivity index (χ3v) is 5.40. The molecule has 0 saturated heterocycles. The molecule has 1 atom stereocenters. The SMILES string of the molecule is CC.CC1=C(C(=NC(C)C)c2ccncn2)C(c2ccc(-n3ccnc3C)cc2)C(C#N)=C(N)O1. The predicted octanol–water partition coefficient (Wildman–Crippen LogP) is 4.98. The normalized spacial score (nSPS) is 15.9. The van der Waals surface area contributed by atoms with Crippen molar-refractivity contribution in [2.45, 2.75) is 53.5 Å². The summed E-state index contributed by atoms with van der Waals surface area (Å²) >= 11 is 0. The number of nitrogens with zero attached hydrogens (tertiary/aromatic N) is 6. The maximum absolute atomic E-state index is 10.0. The van der Waals surface area contributed by atoms with Crippen molar-refractivity contribution < 1.29 is 4.74 Å². The second-order valence-corrected chi connectivity index (χ2v) is 8.00. The second kappa shape index (κ2) is 11.3. The summed E-state index contributed by atoms with van der Waals surface area (Å²) in [5.74, 6) is 1.13. The quantitative estimate of drug-likeness (QED) is 0.527. The van der Waals surface area contributed by atoms with Crippen LogP contribution in [-0.2, 0) is 4.74 Å². The van der Waals surface area contributed by atoms with Gasteiger partial charge in [-0.1, -0.05) is 26.0 Å². The fraction of sp³-hybridized carbons (Fsp3) is 0.296. The first-order valence-electron chi connectivity index (χ1n) is 11.6. The minimum atomic E-state index is -0.450. The van der Waals surface area contributed by atoms with Crippen molar-refractivity contribution in [2.75, 3.05) is 0 Å². The number of benzene rings is 1. The highest BCUT2D eigenvalue weighted by Crippen LogP contribution is 2.41. The van der Waals surface area contributed by atoms with Gasteiger partial charge < -0.3 is 15.0 Å². The molecule has 8 heteroatoms. The molecule has 1 unspecified atom stereocenters. The molecule has 1 aromatic carbocycles. The van der Waals surface area contributed by atoms with Crippen molar-refractivity contribution >= 4 is 5.71 Å². The number of aliphatic imine (C=N–C) groups is 1. The van der Waals surface area contributed by atoms with Gasteiger partial charge >= 0.3 is 0 Å². The van der Waals surface area contributed by atoms with Gasteiger partial charge in [-0.15, -0.1) is 0 Å². The molecule has 2 aromatic heterocycles. The van der Waals surface area contributed by atoms with E-state index in [0.717, 1.165) is 22.6 Å². The van der Waals surface area contributed by atoms with Crippen LogP contribution in [0.3, 0.4) is 0 Å². The highest BCUT2D eigenvalue weighted by Gasteiger charge is 2.35. The summed E-state index contributed by atoms with van der Waals surface area (Å²) < 4.78 is 7.81. The first-order valence-corrected chi connectivity index (χ1v) is 11.6. The minimum absolute atomic E-state index is 0.00343.